The van der Waals surface area contributed by atoms with Crippen molar-refractivity contribution in [1.82, 2.24) is 5.32 Å². The van der Waals surface area contributed by atoms with Crippen LogP contribution < -0.4 is 5.32 Å². The molecule has 0 unspecified atom stereocenters. The minimum absolute atomic E-state index is 0.259. The summed E-state index contributed by atoms with van der Waals surface area (Å²) in [5.74, 6) is -0.759. The standard InChI is InChI=1S/C19H29NO2/c1-18(2)11-15(12-19(3,4)13-18)20-16(17(21)22)10-14-8-6-5-7-9-14/h5-9,15-16,20H,10-13H2,1-4H3,(H,21,22)/t16-/m1/s1. The molecule has 2 N–H and O–H groups in total. The number of carboxylic acids is 1. The van der Waals surface area contributed by atoms with Crippen LogP contribution in [0.2, 0.25) is 0 Å². The van der Waals surface area contributed by atoms with E-state index in [1.807, 2.05) is 30.3 Å². The molecule has 122 valence electrons. The van der Waals surface area contributed by atoms with Crippen LogP contribution in [-0.2, 0) is 11.2 Å². The molecule has 0 heterocycles. The molecule has 3 nitrogen and oxygen atoms in total. The number of hydrogen-bond donors (Lipinski definition) is 2. The molecule has 1 aromatic carbocycles. The fourth-order valence-electron chi connectivity index (χ4n) is 4.32. The summed E-state index contributed by atoms with van der Waals surface area (Å²) in [4.78, 5) is 11.6. The highest BCUT2D eigenvalue weighted by Crippen LogP contribution is 2.45. The summed E-state index contributed by atoms with van der Waals surface area (Å²) >= 11 is 0. The number of aliphatic carboxylic acids is 1. The van der Waals surface area contributed by atoms with E-state index in [9.17, 15) is 9.90 Å². The van der Waals surface area contributed by atoms with E-state index < -0.39 is 12.0 Å². The van der Waals surface area contributed by atoms with Gasteiger partial charge in [-0.1, -0.05) is 58.0 Å². The molecule has 1 aliphatic rings. The molecule has 0 aromatic heterocycles. The van der Waals surface area contributed by atoms with Crippen LogP contribution in [0.5, 0.6) is 0 Å². The van der Waals surface area contributed by atoms with Gasteiger partial charge in [0.2, 0.25) is 0 Å². The van der Waals surface area contributed by atoms with Gasteiger partial charge in [-0.15, -0.1) is 0 Å². The highest BCUT2D eigenvalue weighted by molar-refractivity contribution is 5.74. The van der Waals surface area contributed by atoms with Crippen LogP contribution in [0.4, 0.5) is 0 Å². The van der Waals surface area contributed by atoms with Gasteiger partial charge in [0.1, 0.15) is 6.04 Å². The lowest BCUT2D eigenvalue weighted by molar-refractivity contribution is -0.140. The highest BCUT2D eigenvalue weighted by Gasteiger charge is 2.39. The Hall–Kier alpha value is -1.35. The van der Waals surface area contributed by atoms with E-state index in [2.05, 4.69) is 33.0 Å². The van der Waals surface area contributed by atoms with Crippen molar-refractivity contribution >= 4 is 5.97 Å². The topological polar surface area (TPSA) is 49.3 Å². The number of rotatable bonds is 5. The first-order chi connectivity index (χ1) is 10.2. The van der Waals surface area contributed by atoms with Crippen molar-refractivity contribution in [2.75, 3.05) is 0 Å². The van der Waals surface area contributed by atoms with Crippen LogP contribution in [0.3, 0.4) is 0 Å². The first-order valence-electron chi connectivity index (χ1n) is 8.20. The second-order valence-corrected chi connectivity index (χ2v) is 8.36. The SMILES string of the molecule is CC1(C)CC(N[C@H](Cc2ccccc2)C(=O)O)CC(C)(C)C1. The van der Waals surface area contributed by atoms with Crippen molar-refractivity contribution in [3.63, 3.8) is 0 Å². The molecule has 22 heavy (non-hydrogen) atoms. The quantitative estimate of drug-likeness (QED) is 0.868. The maximum Gasteiger partial charge on any atom is 0.321 e. The first-order valence-corrected chi connectivity index (χ1v) is 8.20. The van der Waals surface area contributed by atoms with Gasteiger partial charge in [0.05, 0.1) is 0 Å². The van der Waals surface area contributed by atoms with Crippen LogP contribution >= 0.6 is 0 Å². The zero-order valence-electron chi connectivity index (χ0n) is 14.2. The number of carbonyl (C=O) groups is 1. The molecule has 0 saturated heterocycles. The molecule has 1 aromatic rings. The van der Waals surface area contributed by atoms with Gasteiger partial charge in [0.25, 0.3) is 0 Å². The van der Waals surface area contributed by atoms with Gasteiger partial charge in [-0.2, -0.15) is 0 Å². The summed E-state index contributed by atoms with van der Waals surface area (Å²) < 4.78 is 0. The van der Waals surface area contributed by atoms with E-state index in [0.29, 0.717) is 6.42 Å². The lowest BCUT2D eigenvalue weighted by Gasteiger charge is -2.45. The van der Waals surface area contributed by atoms with Gasteiger partial charge in [0, 0.05) is 6.04 Å². The molecular formula is C19H29NO2. The summed E-state index contributed by atoms with van der Waals surface area (Å²) in [7, 11) is 0. The normalized spacial score (nSPS) is 22.2. The molecule has 3 heteroatoms. The van der Waals surface area contributed by atoms with E-state index >= 15 is 0 Å². The Morgan fingerprint density at radius 1 is 1.18 bits per heavy atom. The Kier molecular flexibility index (Phi) is 4.96. The number of benzene rings is 1. The van der Waals surface area contributed by atoms with Gasteiger partial charge in [-0.3, -0.25) is 4.79 Å². The maximum absolute atomic E-state index is 11.6. The Morgan fingerprint density at radius 2 is 1.73 bits per heavy atom. The lowest BCUT2D eigenvalue weighted by Crippen LogP contribution is -2.50. The fourth-order valence-corrected chi connectivity index (χ4v) is 4.32. The monoisotopic (exact) mass is 303 g/mol. The van der Waals surface area contributed by atoms with Crippen LogP contribution in [0.25, 0.3) is 0 Å². The van der Waals surface area contributed by atoms with Crippen LogP contribution in [0.1, 0.15) is 52.5 Å². The molecule has 0 amide bonds. The number of hydrogen-bond acceptors (Lipinski definition) is 2. The molecule has 2 rings (SSSR count). The van der Waals surface area contributed by atoms with Crippen molar-refractivity contribution in [2.24, 2.45) is 10.8 Å². The largest absolute Gasteiger partial charge is 0.480 e. The predicted molar refractivity (Wildman–Crippen MR) is 89.9 cm³/mol. The van der Waals surface area contributed by atoms with E-state index in [4.69, 9.17) is 0 Å². The van der Waals surface area contributed by atoms with Crippen LogP contribution in [0, 0.1) is 10.8 Å². The van der Waals surface area contributed by atoms with Crippen molar-refractivity contribution in [2.45, 2.75) is 65.5 Å². The molecule has 1 saturated carbocycles. The van der Waals surface area contributed by atoms with Crippen molar-refractivity contribution < 1.29 is 9.90 Å². The summed E-state index contributed by atoms with van der Waals surface area (Å²) in [6, 6.07) is 9.61. The molecule has 1 fully saturated rings. The second-order valence-electron chi connectivity index (χ2n) is 8.36. The predicted octanol–water partition coefficient (Wildman–Crippen LogP) is 3.88. The van der Waals surface area contributed by atoms with Crippen LogP contribution in [-0.4, -0.2) is 23.2 Å². The molecular weight excluding hydrogens is 274 g/mol. The van der Waals surface area contributed by atoms with E-state index in [1.54, 1.807) is 0 Å². The molecule has 0 spiro atoms. The first kappa shape index (κ1) is 17.0. The lowest BCUT2D eigenvalue weighted by atomic mass is 9.63. The van der Waals surface area contributed by atoms with E-state index in [1.165, 1.54) is 6.42 Å². The van der Waals surface area contributed by atoms with Gasteiger partial charge >= 0.3 is 5.97 Å². The third kappa shape index (κ3) is 4.84. The zero-order valence-corrected chi connectivity index (χ0v) is 14.2. The summed E-state index contributed by atoms with van der Waals surface area (Å²) in [5.41, 5.74) is 1.58. The van der Waals surface area contributed by atoms with Crippen molar-refractivity contribution in [3.05, 3.63) is 35.9 Å². The average Bonchev–Trinajstić information content (AvgIpc) is 2.35. The summed E-state index contributed by atoms with van der Waals surface area (Å²) in [6.07, 6.45) is 3.80. The molecule has 0 bridgehead atoms. The van der Waals surface area contributed by atoms with E-state index in [-0.39, 0.29) is 16.9 Å². The Balaban J connectivity index is 2.06. The summed E-state index contributed by atoms with van der Waals surface area (Å²) in [6.45, 7) is 9.15. The Morgan fingerprint density at radius 3 is 2.23 bits per heavy atom. The minimum atomic E-state index is -0.759. The van der Waals surface area contributed by atoms with Gasteiger partial charge < -0.3 is 10.4 Å². The molecule has 1 aliphatic carbocycles. The van der Waals surface area contributed by atoms with Gasteiger partial charge in [0.15, 0.2) is 0 Å². The molecule has 0 aliphatic heterocycles. The fraction of sp³-hybridized carbons (Fsp3) is 0.632. The van der Waals surface area contributed by atoms with Crippen molar-refractivity contribution in [1.29, 1.82) is 0 Å². The summed E-state index contributed by atoms with van der Waals surface area (Å²) in [5, 5.41) is 13.0. The van der Waals surface area contributed by atoms with Gasteiger partial charge in [-0.05, 0) is 42.1 Å². The van der Waals surface area contributed by atoms with Crippen LogP contribution in [0.15, 0.2) is 30.3 Å². The average molecular weight is 303 g/mol. The molecule has 0 radical (unpaired) electrons. The minimum Gasteiger partial charge on any atom is -0.480 e. The number of carboxylic acid groups (broad SMARTS) is 1. The third-order valence-corrected chi connectivity index (χ3v) is 4.57. The van der Waals surface area contributed by atoms with E-state index in [0.717, 1.165) is 18.4 Å². The zero-order chi connectivity index (χ0) is 16.4. The molecule has 1 atom stereocenters. The van der Waals surface area contributed by atoms with Gasteiger partial charge in [-0.25, -0.2) is 0 Å². The third-order valence-electron chi connectivity index (χ3n) is 4.57. The van der Waals surface area contributed by atoms with Crippen molar-refractivity contribution in [3.8, 4) is 0 Å². The Bertz CT molecular complexity index is 491. The second kappa shape index (κ2) is 6.41. The maximum atomic E-state index is 11.6. The smallest absolute Gasteiger partial charge is 0.321 e. The number of nitrogens with one attached hydrogen (secondary N) is 1. The highest BCUT2D eigenvalue weighted by atomic mass is 16.4. The Labute approximate surface area is 134 Å².